The van der Waals surface area contributed by atoms with Crippen LogP contribution >= 0.6 is 11.6 Å². The number of phenolic OH excluding ortho intramolecular Hbond substituents is 1. The lowest BCUT2D eigenvalue weighted by Gasteiger charge is -2.18. The van der Waals surface area contributed by atoms with Gasteiger partial charge in [0.05, 0.1) is 11.6 Å². The van der Waals surface area contributed by atoms with Crippen molar-refractivity contribution in [1.29, 1.82) is 0 Å². The van der Waals surface area contributed by atoms with Crippen LogP contribution in [0, 0.1) is 5.92 Å². The molecule has 0 saturated carbocycles. The van der Waals surface area contributed by atoms with Gasteiger partial charge in [-0.3, -0.25) is 4.79 Å². The average Bonchev–Trinajstić information content (AvgIpc) is 2.40. The second kappa shape index (κ2) is 7.17. The molecule has 1 amide bonds. The normalized spacial score (nSPS) is 12.0. The fourth-order valence-corrected chi connectivity index (χ4v) is 1.92. The summed E-state index contributed by atoms with van der Waals surface area (Å²) in [6, 6.07) is 1.56. The highest BCUT2D eigenvalue weighted by Gasteiger charge is 2.24. The lowest BCUT2D eigenvalue weighted by atomic mass is 10.0. The van der Waals surface area contributed by atoms with Crippen molar-refractivity contribution in [2.24, 2.45) is 5.92 Å². The molecule has 1 rings (SSSR count). The zero-order chi connectivity index (χ0) is 16.2. The minimum atomic E-state index is -1.12. The molecule has 1 aromatic rings. The van der Waals surface area contributed by atoms with E-state index < -0.39 is 17.9 Å². The van der Waals surface area contributed by atoms with Gasteiger partial charge in [0.15, 0.2) is 11.5 Å². The second-order valence-corrected chi connectivity index (χ2v) is 5.18. The highest BCUT2D eigenvalue weighted by molar-refractivity contribution is 6.32. The van der Waals surface area contributed by atoms with Crippen molar-refractivity contribution in [3.05, 3.63) is 22.7 Å². The minimum absolute atomic E-state index is 0.0393. The standard InChI is InChI=1S/C14H18ClNO5/c1-4-21-10-6-8(5-9(15)12(10)17)13(18)16-11(7(2)3)14(19)20/h5-7,11,17H,4H2,1-3H3,(H,16,18)(H,19,20)/t11-/m0/s1. The SMILES string of the molecule is CCOc1cc(C(=O)N[C@H](C(=O)O)C(C)C)cc(Cl)c1O. The Hall–Kier alpha value is -1.95. The molecule has 3 N–H and O–H groups in total. The fraction of sp³-hybridized carbons (Fsp3) is 0.429. The summed E-state index contributed by atoms with van der Waals surface area (Å²) in [4.78, 5) is 23.2. The molecule has 0 spiro atoms. The molecule has 0 radical (unpaired) electrons. The minimum Gasteiger partial charge on any atom is -0.503 e. The molecule has 0 aliphatic heterocycles. The van der Waals surface area contributed by atoms with Crippen molar-refractivity contribution in [1.82, 2.24) is 5.32 Å². The third-order valence-corrected chi connectivity index (χ3v) is 3.10. The second-order valence-electron chi connectivity index (χ2n) is 4.77. The van der Waals surface area contributed by atoms with E-state index in [2.05, 4.69) is 5.32 Å². The summed E-state index contributed by atoms with van der Waals surface area (Å²) < 4.78 is 5.18. The Morgan fingerprint density at radius 1 is 1.38 bits per heavy atom. The summed E-state index contributed by atoms with van der Waals surface area (Å²) in [6.07, 6.45) is 0. The maximum Gasteiger partial charge on any atom is 0.326 e. The average molecular weight is 316 g/mol. The van der Waals surface area contributed by atoms with Crippen LogP contribution in [-0.4, -0.2) is 34.7 Å². The van der Waals surface area contributed by atoms with Crippen molar-refractivity contribution in [3.8, 4) is 11.5 Å². The van der Waals surface area contributed by atoms with Crippen molar-refractivity contribution < 1.29 is 24.5 Å². The Labute approximate surface area is 127 Å². The highest BCUT2D eigenvalue weighted by Crippen LogP contribution is 2.35. The maximum absolute atomic E-state index is 12.1. The molecule has 1 aromatic carbocycles. The molecule has 0 bridgehead atoms. The molecule has 0 fully saturated rings. The first-order valence-corrected chi connectivity index (χ1v) is 6.84. The summed E-state index contributed by atoms with van der Waals surface area (Å²) in [6.45, 7) is 5.39. The van der Waals surface area contributed by atoms with E-state index in [1.807, 2.05) is 0 Å². The Morgan fingerprint density at radius 3 is 2.48 bits per heavy atom. The molecule has 7 heteroatoms. The van der Waals surface area contributed by atoms with E-state index in [0.717, 1.165) is 0 Å². The van der Waals surface area contributed by atoms with Gasteiger partial charge in [0.2, 0.25) is 0 Å². The summed E-state index contributed by atoms with van der Waals surface area (Å²) in [5.41, 5.74) is 0.119. The van der Waals surface area contributed by atoms with Crippen molar-refractivity contribution in [2.75, 3.05) is 6.61 Å². The number of carboxylic acid groups (broad SMARTS) is 1. The third-order valence-electron chi connectivity index (χ3n) is 2.81. The van der Waals surface area contributed by atoms with Gasteiger partial charge in [0.25, 0.3) is 5.91 Å². The lowest BCUT2D eigenvalue weighted by molar-refractivity contribution is -0.140. The van der Waals surface area contributed by atoms with Crippen LogP contribution in [0.2, 0.25) is 5.02 Å². The predicted octanol–water partition coefficient (Wildman–Crippen LogP) is 2.28. The first kappa shape index (κ1) is 17.1. The number of carbonyl (C=O) groups is 2. The number of benzene rings is 1. The summed E-state index contributed by atoms with van der Waals surface area (Å²) in [7, 11) is 0. The van der Waals surface area contributed by atoms with E-state index >= 15 is 0 Å². The van der Waals surface area contributed by atoms with Gasteiger partial charge in [-0.25, -0.2) is 4.79 Å². The summed E-state index contributed by atoms with van der Waals surface area (Å²) in [5, 5.41) is 21.2. The molecule has 116 valence electrons. The van der Waals surface area contributed by atoms with Gasteiger partial charge in [0, 0.05) is 5.56 Å². The quantitative estimate of drug-likeness (QED) is 0.748. The van der Waals surface area contributed by atoms with Crippen LogP contribution < -0.4 is 10.1 Å². The van der Waals surface area contributed by atoms with Gasteiger partial charge >= 0.3 is 5.97 Å². The lowest BCUT2D eigenvalue weighted by Crippen LogP contribution is -2.44. The number of hydrogen-bond donors (Lipinski definition) is 3. The molecular weight excluding hydrogens is 298 g/mol. The Balaban J connectivity index is 3.04. The maximum atomic E-state index is 12.1. The molecule has 0 unspecified atom stereocenters. The van der Waals surface area contributed by atoms with Crippen LogP contribution in [0.25, 0.3) is 0 Å². The van der Waals surface area contributed by atoms with E-state index in [-0.39, 0.29) is 28.0 Å². The van der Waals surface area contributed by atoms with E-state index in [0.29, 0.717) is 6.61 Å². The third kappa shape index (κ3) is 4.26. The number of carboxylic acids is 1. The molecule has 0 aliphatic rings. The number of rotatable bonds is 6. The molecule has 21 heavy (non-hydrogen) atoms. The summed E-state index contributed by atoms with van der Waals surface area (Å²) >= 11 is 5.83. The van der Waals surface area contributed by atoms with Crippen molar-refractivity contribution in [2.45, 2.75) is 26.8 Å². The molecule has 0 aromatic heterocycles. The van der Waals surface area contributed by atoms with Crippen LogP contribution in [-0.2, 0) is 4.79 Å². The van der Waals surface area contributed by atoms with Crippen LogP contribution in [0.15, 0.2) is 12.1 Å². The molecule has 0 aliphatic carbocycles. The number of aliphatic carboxylic acids is 1. The number of hydrogen-bond acceptors (Lipinski definition) is 4. The van der Waals surface area contributed by atoms with Crippen LogP contribution in [0.4, 0.5) is 0 Å². The summed E-state index contributed by atoms with van der Waals surface area (Å²) in [5.74, 6) is -2.17. The highest BCUT2D eigenvalue weighted by atomic mass is 35.5. The molecule has 1 atom stereocenters. The number of nitrogens with one attached hydrogen (secondary N) is 1. The van der Waals surface area contributed by atoms with Crippen LogP contribution in [0.5, 0.6) is 11.5 Å². The topological polar surface area (TPSA) is 95.9 Å². The van der Waals surface area contributed by atoms with E-state index in [1.165, 1.54) is 12.1 Å². The number of amides is 1. The van der Waals surface area contributed by atoms with Crippen molar-refractivity contribution in [3.63, 3.8) is 0 Å². The number of ether oxygens (including phenoxy) is 1. The predicted molar refractivity (Wildman–Crippen MR) is 78.0 cm³/mol. The monoisotopic (exact) mass is 315 g/mol. The van der Waals surface area contributed by atoms with E-state index in [4.69, 9.17) is 21.4 Å². The largest absolute Gasteiger partial charge is 0.503 e. The molecule has 0 heterocycles. The number of aromatic hydroxyl groups is 1. The molecular formula is C14H18ClNO5. The van der Waals surface area contributed by atoms with Crippen molar-refractivity contribution >= 4 is 23.5 Å². The van der Waals surface area contributed by atoms with Gasteiger partial charge in [-0.15, -0.1) is 0 Å². The Kier molecular flexibility index (Phi) is 5.84. The molecule has 0 saturated heterocycles. The first-order valence-electron chi connectivity index (χ1n) is 6.46. The number of carbonyl (C=O) groups excluding carboxylic acids is 1. The van der Waals surface area contributed by atoms with E-state index in [9.17, 15) is 14.7 Å². The van der Waals surface area contributed by atoms with Crippen LogP contribution in [0.3, 0.4) is 0 Å². The fourth-order valence-electron chi connectivity index (χ4n) is 1.71. The van der Waals surface area contributed by atoms with Crippen LogP contribution in [0.1, 0.15) is 31.1 Å². The van der Waals surface area contributed by atoms with Gasteiger partial charge < -0.3 is 20.3 Å². The van der Waals surface area contributed by atoms with Gasteiger partial charge in [-0.05, 0) is 25.0 Å². The smallest absolute Gasteiger partial charge is 0.326 e. The Morgan fingerprint density at radius 2 is 2.00 bits per heavy atom. The zero-order valence-corrected chi connectivity index (χ0v) is 12.8. The van der Waals surface area contributed by atoms with Gasteiger partial charge in [-0.2, -0.15) is 0 Å². The first-order chi connectivity index (χ1) is 9.77. The van der Waals surface area contributed by atoms with E-state index in [1.54, 1.807) is 20.8 Å². The van der Waals surface area contributed by atoms with Gasteiger partial charge in [0.1, 0.15) is 6.04 Å². The molecule has 6 nitrogen and oxygen atoms in total. The number of halogens is 1. The number of phenols is 1. The zero-order valence-electron chi connectivity index (χ0n) is 12.0. The Bertz CT molecular complexity index is 544. The van der Waals surface area contributed by atoms with Gasteiger partial charge in [-0.1, -0.05) is 25.4 Å².